The van der Waals surface area contributed by atoms with Crippen molar-refractivity contribution in [3.8, 4) is 0 Å². The first-order valence-corrected chi connectivity index (χ1v) is 6.63. The fourth-order valence-electron chi connectivity index (χ4n) is 2.30. The number of hydrogen-bond donors (Lipinski definition) is 2. The van der Waals surface area contributed by atoms with E-state index in [9.17, 15) is 4.79 Å². The second kappa shape index (κ2) is 5.60. The van der Waals surface area contributed by atoms with Crippen molar-refractivity contribution in [3.05, 3.63) is 28.5 Å². The summed E-state index contributed by atoms with van der Waals surface area (Å²) in [5.74, 6) is 0.282. The molecule has 0 radical (unpaired) electrons. The molecule has 3 N–H and O–H groups in total. The van der Waals surface area contributed by atoms with Crippen molar-refractivity contribution in [1.82, 2.24) is 10.3 Å². The van der Waals surface area contributed by atoms with Crippen LogP contribution in [0.1, 0.15) is 29.8 Å². The number of carbonyl (C=O) groups excluding carboxylic acids is 1. The molecule has 0 aromatic carbocycles. The highest BCUT2D eigenvalue weighted by Crippen LogP contribution is 2.25. The van der Waals surface area contributed by atoms with Crippen LogP contribution in [0.2, 0.25) is 0 Å². The summed E-state index contributed by atoms with van der Waals surface area (Å²) in [7, 11) is 0. The Labute approximate surface area is 109 Å². The Morgan fingerprint density at radius 2 is 2.41 bits per heavy atom. The Morgan fingerprint density at radius 3 is 3.12 bits per heavy atom. The molecule has 1 aliphatic rings. The molecule has 1 saturated carbocycles. The Hall–Kier alpha value is -0.940. The van der Waals surface area contributed by atoms with Gasteiger partial charge in [-0.2, -0.15) is 0 Å². The first-order chi connectivity index (χ1) is 8.22. The van der Waals surface area contributed by atoms with Crippen molar-refractivity contribution in [2.45, 2.75) is 25.3 Å². The van der Waals surface area contributed by atoms with Gasteiger partial charge >= 0.3 is 0 Å². The highest BCUT2D eigenvalue weighted by molar-refractivity contribution is 9.10. The largest absolute Gasteiger partial charge is 0.348 e. The van der Waals surface area contributed by atoms with Gasteiger partial charge in [0.05, 0.1) is 0 Å². The third-order valence-corrected chi connectivity index (χ3v) is 3.89. The van der Waals surface area contributed by atoms with E-state index in [0.717, 1.165) is 23.7 Å². The highest BCUT2D eigenvalue weighted by atomic mass is 79.9. The molecule has 2 unspecified atom stereocenters. The average molecular weight is 298 g/mol. The number of pyridine rings is 1. The van der Waals surface area contributed by atoms with Gasteiger partial charge in [-0.25, -0.2) is 4.98 Å². The highest BCUT2D eigenvalue weighted by Gasteiger charge is 2.28. The van der Waals surface area contributed by atoms with Gasteiger partial charge < -0.3 is 11.1 Å². The average Bonchev–Trinajstić information content (AvgIpc) is 2.76. The SMILES string of the molecule is NCC1CCCC1NC(=O)c1ncccc1Br. The zero-order valence-electron chi connectivity index (χ0n) is 9.53. The molecule has 2 rings (SSSR count). The molecule has 1 fully saturated rings. The zero-order valence-corrected chi connectivity index (χ0v) is 11.1. The molecule has 1 amide bonds. The monoisotopic (exact) mass is 297 g/mol. The number of nitrogens with one attached hydrogen (secondary N) is 1. The van der Waals surface area contributed by atoms with E-state index in [-0.39, 0.29) is 11.9 Å². The number of rotatable bonds is 3. The lowest BCUT2D eigenvalue weighted by Gasteiger charge is -2.19. The number of amides is 1. The number of halogens is 1. The van der Waals surface area contributed by atoms with Crippen LogP contribution in [-0.2, 0) is 0 Å². The van der Waals surface area contributed by atoms with E-state index in [1.54, 1.807) is 12.3 Å². The number of aromatic nitrogens is 1. The summed E-state index contributed by atoms with van der Waals surface area (Å²) in [5, 5.41) is 3.03. The van der Waals surface area contributed by atoms with Gasteiger partial charge in [0.2, 0.25) is 0 Å². The quantitative estimate of drug-likeness (QED) is 0.892. The maximum atomic E-state index is 12.0. The van der Waals surface area contributed by atoms with Crippen LogP contribution >= 0.6 is 15.9 Å². The summed E-state index contributed by atoms with van der Waals surface area (Å²) in [6.07, 6.45) is 4.87. The molecule has 4 nitrogen and oxygen atoms in total. The molecule has 1 aliphatic carbocycles. The molecular formula is C12H16BrN3O. The van der Waals surface area contributed by atoms with E-state index in [4.69, 9.17) is 5.73 Å². The minimum Gasteiger partial charge on any atom is -0.348 e. The summed E-state index contributed by atoms with van der Waals surface area (Å²) in [4.78, 5) is 16.1. The predicted octanol–water partition coefficient (Wildman–Crippen LogP) is 1.70. The minimum atomic E-state index is -0.122. The van der Waals surface area contributed by atoms with Crippen LogP contribution in [-0.4, -0.2) is 23.5 Å². The van der Waals surface area contributed by atoms with E-state index in [0.29, 0.717) is 18.2 Å². The summed E-state index contributed by atoms with van der Waals surface area (Å²) in [6, 6.07) is 3.80. The molecule has 1 aromatic heterocycles. The number of nitrogens with zero attached hydrogens (tertiary/aromatic N) is 1. The Morgan fingerprint density at radius 1 is 1.59 bits per heavy atom. The summed E-state index contributed by atoms with van der Waals surface area (Å²) in [6.45, 7) is 0.633. The van der Waals surface area contributed by atoms with Gasteiger partial charge in [-0.3, -0.25) is 4.79 Å². The zero-order chi connectivity index (χ0) is 12.3. The molecule has 5 heteroatoms. The van der Waals surface area contributed by atoms with Crippen molar-refractivity contribution in [3.63, 3.8) is 0 Å². The second-order valence-electron chi connectivity index (χ2n) is 4.34. The lowest BCUT2D eigenvalue weighted by Crippen LogP contribution is -2.40. The van der Waals surface area contributed by atoms with Crippen LogP contribution in [0.25, 0.3) is 0 Å². The van der Waals surface area contributed by atoms with Crippen molar-refractivity contribution >= 4 is 21.8 Å². The third-order valence-electron chi connectivity index (χ3n) is 3.25. The molecule has 2 atom stereocenters. The van der Waals surface area contributed by atoms with Crippen molar-refractivity contribution in [1.29, 1.82) is 0 Å². The molecular weight excluding hydrogens is 282 g/mol. The molecule has 0 saturated heterocycles. The van der Waals surface area contributed by atoms with Crippen molar-refractivity contribution in [2.24, 2.45) is 11.7 Å². The predicted molar refractivity (Wildman–Crippen MR) is 69.6 cm³/mol. The normalized spacial score (nSPS) is 23.6. The van der Waals surface area contributed by atoms with E-state index in [1.165, 1.54) is 0 Å². The Balaban J connectivity index is 2.04. The van der Waals surface area contributed by atoms with Crippen LogP contribution in [0.4, 0.5) is 0 Å². The molecule has 1 aromatic rings. The van der Waals surface area contributed by atoms with E-state index >= 15 is 0 Å². The molecule has 17 heavy (non-hydrogen) atoms. The number of nitrogens with two attached hydrogens (primary N) is 1. The lowest BCUT2D eigenvalue weighted by atomic mass is 10.0. The van der Waals surface area contributed by atoms with Gasteiger partial charge in [-0.05, 0) is 53.4 Å². The van der Waals surface area contributed by atoms with Gasteiger partial charge in [0, 0.05) is 16.7 Å². The smallest absolute Gasteiger partial charge is 0.271 e. The fourth-order valence-corrected chi connectivity index (χ4v) is 2.73. The van der Waals surface area contributed by atoms with Gasteiger partial charge in [0.1, 0.15) is 5.69 Å². The van der Waals surface area contributed by atoms with Crippen LogP contribution in [0.15, 0.2) is 22.8 Å². The molecule has 1 heterocycles. The molecule has 0 bridgehead atoms. The topological polar surface area (TPSA) is 68.0 Å². The van der Waals surface area contributed by atoms with Crippen LogP contribution in [0.3, 0.4) is 0 Å². The van der Waals surface area contributed by atoms with E-state index in [1.807, 2.05) is 6.07 Å². The maximum absolute atomic E-state index is 12.0. The van der Waals surface area contributed by atoms with Gasteiger partial charge in [-0.1, -0.05) is 6.42 Å². The van der Waals surface area contributed by atoms with Crippen LogP contribution in [0, 0.1) is 5.92 Å². The van der Waals surface area contributed by atoms with Gasteiger partial charge in [0.25, 0.3) is 5.91 Å². The Bertz CT molecular complexity index is 410. The van der Waals surface area contributed by atoms with E-state index < -0.39 is 0 Å². The minimum absolute atomic E-state index is 0.122. The third kappa shape index (κ3) is 2.84. The maximum Gasteiger partial charge on any atom is 0.271 e. The summed E-state index contributed by atoms with van der Waals surface area (Å²) < 4.78 is 0.722. The summed E-state index contributed by atoms with van der Waals surface area (Å²) in [5.41, 5.74) is 6.13. The molecule has 0 aliphatic heterocycles. The van der Waals surface area contributed by atoms with Crippen molar-refractivity contribution < 1.29 is 4.79 Å². The summed E-state index contributed by atoms with van der Waals surface area (Å²) >= 11 is 3.33. The van der Waals surface area contributed by atoms with E-state index in [2.05, 4.69) is 26.2 Å². The number of carbonyl (C=O) groups is 1. The molecule has 0 spiro atoms. The van der Waals surface area contributed by atoms with Crippen LogP contribution < -0.4 is 11.1 Å². The van der Waals surface area contributed by atoms with Gasteiger partial charge in [-0.15, -0.1) is 0 Å². The van der Waals surface area contributed by atoms with Crippen molar-refractivity contribution in [2.75, 3.05) is 6.54 Å². The lowest BCUT2D eigenvalue weighted by molar-refractivity contribution is 0.0923. The number of hydrogen-bond acceptors (Lipinski definition) is 3. The van der Waals surface area contributed by atoms with Crippen LogP contribution in [0.5, 0.6) is 0 Å². The first kappa shape index (κ1) is 12.5. The second-order valence-corrected chi connectivity index (χ2v) is 5.19. The Kier molecular flexibility index (Phi) is 4.12. The van der Waals surface area contributed by atoms with Gasteiger partial charge in [0.15, 0.2) is 0 Å². The standard InChI is InChI=1S/C12H16BrN3O/c13-9-4-2-6-15-11(9)12(17)16-10-5-1-3-8(10)7-14/h2,4,6,8,10H,1,3,5,7,14H2,(H,16,17). The fraction of sp³-hybridized carbons (Fsp3) is 0.500. The molecule has 92 valence electrons. The first-order valence-electron chi connectivity index (χ1n) is 5.84.